The minimum absolute atomic E-state index is 0.133. The van der Waals surface area contributed by atoms with Gasteiger partial charge in [0.15, 0.2) is 0 Å². The molecule has 1 saturated carbocycles. The molecule has 33 heavy (non-hydrogen) atoms. The van der Waals surface area contributed by atoms with Gasteiger partial charge in [0.2, 0.25) is 5.95 Å². The summed E-state index contributed by atoms with van der Waals surface area (Å²) in [5, 5.41) is 10.6. The zero-order valence-corrected chi connectivity index (χ0v) is 19.7. The predicted octanol–water partition coefficient (Wildman–Crippen LogP) is 4.56. The van der Waals surface area contributed by atoms with E-state index in [4.69, 9.17) is 14.7 Å². The molecule has 1 aliphatic rings. The summed E-state index contributed by atoms with van der Waals surface area (Å²) in [7, 11) is 5.59. The number of fused-ring (bicyclic) bond motifs is 1. The molecule has 0 bridgehead atoms. The number of nitrogens with one attached hydrogen (secondary N) is 3. The van der Waals surface area contributed by atoms with E-state index >= 15 is 0 Å². The lowest BCUT2D eigenvalue weighted by molar-refractivity contribution is 0.243. The number of benzene rings is 2. The molecule has 8 heteroatoms. The van der Waals surface area contributed by atoms with Crippen LogP contribution in [-0.2, 0) is 0 Å². The van der Waals surface area contributed by atoms with E-state index in [1.54, 1.807) is 7.11 Å². The van der Waals surface area contributed by atoms with E-state index in [-0.39, 0.29) is 18.1 Å². The molecule has 1 heterocycles. The van der Waals surface area contributed by atoms with Gasteiger partial charge in [-0.25, -0.2) is 9.78 Å². The van der Waals surface area contributed by atoms with Gasteiger partial charge in [-0.1, -0.05) is 18.2 Å². The fraction of sp³-hybridized carbons (Fsp3) is 0.400. The molecule has 0 atom stereocenters. The lowest BCUT2D eigenvalue weighted by atomic mass is 9.91. The van der Waals surface area contributed by atoms with Crippen LogP contribution in [0.1, 0.15) is 31.2 Å². The summed E-state index contributed by atoms with van der Waals surface area (Å²) in [6.07, 6.45) is 3.66. The maximum absolute atomic E-state index is 12.5. The first-order valence-corrected chi connectivity index (χ1v) is 11.4. The number of nitrogens with zero attached hydrogens (tertiary/aromatic N) is 3. The lowest BCUT2D eigenvalue weighted by Crippen LogP contribution is -2.42. The lowest BCUT2D eigenvalue weighted by Gasteiger charge is -2.30. The van der Waals surface area contributed by atoms with Crippen molar-refractivity contribution in [2.75, 3.05) is 36.7 Å². The monoisotopic (exact) mass is 448 g/mol. The SMILES string of the molecule is COc1ccc(C)cc1NC(=O)N[C@H]1CC[C@@H](Nc2nc(N(C)C)c3ccccc3n2)CC1. The predicted molar refractivity (Wildman–Crippen MR) is 133 cm³/mol. The zero-order valence-electron chi connectivity index (χ0n) is 19.7. The van der Waals surface area contributed by atoms with Crippen molar-refractivity contribution < 1.29 is 9.53 Å². The minimum atomic E-state index is -0.205. The van der Waals surface area contributed by atoms with E-state index in [0.717, 1.165) is 48.0 Å². The van der Waals surface area contributed by atoms with Crippen LogP contribution >= 0.6 is 0 Å². The van der Waals surface area contributed by atoms with Crippen molar-refractivity contribution in [3.63, 3.8) is 0 Å². The third-order valence-electron chi connectivity index (χ3n) is 6.01. The second-order valence-electron chi connectivity index (χ2n) is 8.78. The number of aromatic nitrogens is 2. The Morgan fingerprint density at radius 2 is 1.76 bits per heavy atom. The number of carbonyl (C=O) groups excluding carboxylic acids is 1. The van der Waals surface area contributed by atoms with Crippen LogP contribution in [0.15, 0.2) is 42.5 Å². The number of hydrogen-bond acceptors (Lipinski definition) is 6. The second-order valence-corrected chi connectivity index (χ2v) is 8.78. The Hall–Kier alpha value is -3.55. The number of ether oxygens (including phenoxy) is 1. The molecule has 1 fully saturated rings. The molecular formula is C25H32N6O2. The Kier molecular flexibility index (Phi) is 6.82. The van der Waals surface area contributed by atoms with Gasteiger partial charge in [0.1, 0.15) is 11.6 Å². The van der Waals surface area contributed by atoms with Crippen molar-refractivity contribution in [1.29, 1.82) is 0 Å². The molecular weight excluding hydrogens is 416 g/mol. The van der Waals surface area contributed by atoms with Crippen molar-refractivity contribution in [2.45, 2.75) is 44.7 Å². The smallest absolute Gasteiger partial charge is 0.319 e. The van der Waals surface area contributed by atoms with Gasteiger partial charge in [0.25, 0.3) is 0 Å². The minimum Gasteiger partial charge on any atom is -0.495 e. The van der Waals surface area contributed by atoms with Gasteiger partial charge in [0, 0.05) is 31.6 Å². The molecule has 1 aliphatic carbocycles. The van der Waals surface area contributed by atoms with E-state index in [0.29, 0.717) is 17.4 Å². The first kappa shape index (κ1) is 22.6. The third kappa shape index (κ3) is 5.45. The topological polar surface area (TPSA) is 91.4 Å². The molecule has 0 unspecified atom stereocenters. The Balaban J connectivity index is 1.33. The summed E-state index contributed by atoms with van der Waals surface area (Å²) >= 11 is 0. The number of carbonyl (C=O) groups is 1. The Bertz CT molecular complexity index is 1130. The molecule has 0 saturated heterocycles. The highest BCUT2D eigenvalue weighted by molar-refractivity contribution is 5.91. The summed E-state index contributed by atoms with van der Waals surface area (Å²) in [6, 6.07) is 14.0. The highest BCUT2D eigenvalue weighted by atomic mass is 16.5. The standard InChI is InChI=1S/C25H32N6O2/c1-16-9-14-22(33-4)21(15-16)29-25(32)27-18-12-10-17(11-13-18)26-24-28-20-8-6-5-7-19(20)23(30-24)31(2)3/h5-9,14-15,17-18H,10-13H2,1-4H3,(H,26,28,30)(H2,27,29,32)/t17-,18+. The van der Waals surface area contributed by atoms with Gasteiger partial charge < -0.3 is 25.6 Å². The third-order valence-corrected chi connectivity index (χ3v) is 6.01. The van der Waals surface area contributed by atoms with Gasteiger partial charge in [0.05, 0.1) is 18.3 Å². The summed E-state index contributed by atoms with van der Waals surface area (Å²) in [5.41, 5.74) is 2.67. The Labute approximate surface area is 194 Å². The second kappa shape index (κ2) is 9.94. The summed E-state index contributed by atoms with van der Waals surface area (Å²) in [4.78, 5) is 24.0. The van der Waals surface area contributed by atoms with Crippen LogP contribution in [0, 0.1) is 6.92 Å². The van der Waals surface area contributed by atoms with E-state index in [2.05, 4.69) is 16.0 Å². The van der Waals surface area contributed by atoms with Crippen LogP contribution < -0.4 is 25.6 Å². The molecule has 2 amide bonds. The molecule has 0 aliphatic heterocycles. The van der Waals surface area contributed by atoms with Gasteiger partial charge in [-0.2, -0.15) is 4.98 Å². The maximum Gasteiger partial charge on any atom is 0.319 e. The van der Waals surface area contributed by atoms with Gasteiger partial charge in [-0.05, 0) is 62.4 Å². The molecule has 4 rings (SSSR count). The molecule has 174 valence electrons. The number of anilines is 3. The van der Waals surface area contributed by atoms with Crippen molar-refractivity contribution in [2.24, 2.45) is 0 Å². The Morgan fingerprint density at radius 1 is 1.03 bits per heavy atom. The van der Waals surface area contributed by atoms with Crippen LogP contribution in [0.25, 0.3) is 10.9 Å². The Morgan fingerprint density at radius 3 is 2.48 bits per heavy atom. The molecule has 0 radical (unpaired) electrons. The largest absolute Gasteiger partial charge is 0.495 e. The molecule has 3 aromatic rings. The summed E-state index contributed by atoms with van der Waals surface area (Å²) in [6.45, 7) is 1.98. The van der Waals surface area contributed by atoms with E-state index in [1.165, 1.54) is 0 Å². The first-order valence-electron chi connectivity index (χ1n) is 11.4. The van der Waals surface area contributed by atoms with Crippen LogP contribution in [-0.4, -0.2) is 49.3 Å². The maximum atomic E-state index is 12.5. The quantitative estimate of drug-likeness (QED) is 0.512. The molecule has 3 N–H and O–H groups in total. The van der Waals surface area contributed by atoms with Crippen LogP contribution in [0.2, 0.25) is 0 Å². The van der Waals surface area contributed by atoms with Crippen LogP contribution in [0.3, 0.4) is 0 Å². The van der Waals surface area contributed by atoms with Gasteiger partial charge in [-0.3, -0.25) is 0 Å². The van der Waals surface area contributed by atoms with E-state index < -0.39 is 0 Å². The molecule has 2 aromatic carbocycles. The number of hydrogen-bond donors (Lipinski definition) is 3. The van der Waals surface area contributed by atoms with Crippen LogP contribution in [0.4, 0.5) is 22.2 Å². The van der Waals surface area contributed by atoms with E-state index in [9.17, 15) is 4.79 Å². The summed E-state index contributed by atoms with van der Waals surface area (Å²) < 4.78 is 5.35. The van der Waals surface area contributed by atoms with E-state index in [1.807, 2.05) is 68.4 Å². The number of rotatable bonds is 6. The number of methoxy groups -OCH3 is 1. The number of amides is 2. The van der Waals surface area contributed by atoms with Crippen LogP contribution in [0.5, 0.6) is 5.75 Å². The fourth-order valence-electron chi connectivity index (χ4n) is 4.29. The molecule has 8 nitrogen and oxygen atoms in total. The number of aryl methyl sites for hydroxylation is 1. The van der Waals surface area contributed by atoms with Crippen molar-refractivity contribution in [3.05, 3.63) is 48.0 Å². The van der Waals surface area contributed by atoms with Crippen molar-refractivity contribution in [3.8, 4) is 5.75 Å². The average molecular weight is 449 g/mol. The zero-order chi connectivity index (χ0) is 23.4. The average Bonchev–Trinajstić information content (AvgIpc) is 2.80. The highest BCUT2D eigenvalue weighted by Crippen LogP contribution is 2.27. The number of urea groups is 1. The highest BCUT2D eigenvalue weighted by Gasteiger charge is 2.24. The van der Waals surface area contributed by atoms with Gasteiger partial charge in [-0.15, -0.1) is 0 Å². The summed E-state index contributed by atoms with van der Waals surface area (Å²) in [5.74, 6) is 2.20. The number of para-hydroxylation sites is 1. The molecule has 1 aromatic heterocycles. The van der Waals surface area contributed by atoms with Crippen molar-refractivity contribution >= 4 is 34.4 Å². The van der Waals surface area contributed by atoms with Gasteiger partial charge >= 0.3 is 6.03 Å². The molecule has 0 spiro atoms. The fourth-order valence-corrected chi connectivity index (χ4v) is 4.29. The first-order chi connectivity index (χ1) is 15.9. The normalized spacial score (nSPS) is 17.9. The van der Waals surface area contributed by atoms with Crippen molar-refractivity contribution in [1.82, 2.24) is 15.3 Å².